The molecule has 1 aromatic rings. The lowest BCUT2D eigenvalue weighted by atomic mass is 10.2. The fourth-order valence-electron chi connectivity index (χ4n) is 2.05. The first-order valence-corrected chi connectivity index (χ1v) is 6.79. The van der Waals surface area contributed by atoms with Gasteiger partial charge < -0.3 is 4.90 Å². The summed E-state index contributed by atoms with van der Waals surface area (Å²) in [5.74, 6) is 0.904. The number of allylic oxidation sites excluding steroid dienone is 3. The summed E-state index contributed by atoms with van der Waals surface area (Å²) in [4.78, 5) is 8.82. The molecule has 0 spiro atoms. The molecule has 0 radical (unpaired) electrons. The van der Waals surface area contributed by atoms with Crippen molar-refractivity contribution in [2.75, 3.05) is 25.5 Å². The highest BCUT2D eigenvalue weighted by atomic mass is 15.4. The average molecular weight is 267 g/mol. The quantitative estimate of drug-likeness (QED) is 0.776. The minimum absolute atomic E-state index is 0.772. The van der Waals surface area contributed by atoms with Crippen LogP contribution in [0.3, 0.4) is 0 Å². The van der Waals surface area contributed by atoms with E-state index >= 15 is 0 Å². The standard InChI is InChI=1S/C17H21N3/c1-15-11-7-4-5-10-14-18-17(19(2)3)20(15)16-12-8-6-9-13-16/h4-9,11-13H,1,10,14H2,2-3H3/b5-4-,11-7-,18-17?. The van der Waals surface area contributed by atoms with Crippen molar-refractivity contribution in [3.63, 3.8) is 0 Å². The van der Waals surface area contributed by atoms with Gasteiger partial charge in [0, 0.05) is 32.0 Å². The summed E-state index contributed by atoms with van der Waals surface area (Å²) < 4.78 is 0. The highest BCUT2D eigenvalue weighted by Gasteiger charge is 2.17. The highest BCUT2D eigenvalue weighted by molar-refractivity contribution is 5.99. The van der Waals surface area contributed by atoms with E-state index in [1.165, 1.54) is 0 Å². The van der Waals surface area contributed by atoms with Crippen molar-refractivity contribution in [1.29, 1.82) is 0 Å². The molecular formula is C17H21N3. The number of hydrogen-bond donors (Lipinski definition) is 0. The molecule has 0 atom stereocenters. The predicted molar refractivity (Wildman–Crippen MR) is 86.9 cm³/mol. The van der Waals surface area contributed by atoms with Gasteiger partial charge in [0.25, 0.3) is 0 Å². The molecule has 1 heterocycles. The van der Waals surface area contributed by atoms with E-state index in [9.17, 15) is 0 Å². The van der Waals surface area contributed by atoms with E-state index in [4.69, 9.17) is 4.99 Å². The summed E-state index contributed by atoms with van der Waals surface area (Å²) in [6.45, 7) is 4.95. The van der Waals surface area contributed by atoms with Crippen LogP contribution in [0.1, 0.15) is 6.42 Å². The molecule has 3 heteroatoms. The number of para-hydroxylation sites is 1. The number of aliphatic imine (C=N–C) groups is 1. The van der Waals surface area contributed by atoms with E-state index in [-0.39, 0.29) is 0 Å². The topological polar surface area (TPSA) is 18.8 Å². The zero-order valence-corrected chi connectivity index (χ0v) is 12.2. The van der Waals surface area contributed by atoms with Gasteiger partial charge in [-0.25, -0.2) is 0 Å². The third-order valence-electron chi connectivity index (χ3n) is 2.99. The molecule has 1 aliphatic heterocycles. The normalized spacial score (nSPS) is 19.2. The molecule has 0 unspecified atom stereocenters. The lowest BCUT2D eigenvalue weighted by Gasteiger charge is -2.30. The molecule has 0 fully saturated rings. The first kappa shape index (κ1) is 14.1. The SMILES string of the molecule is C=C1/C=C\C=C/CCN=C(N(C)C)N1c1ccccc1. The molecule has 0 N–H and O–H groups in total. The number of benzene rings is 1. The van der Waals surface area contributed by atoms with Crippen LogP contribution in [0.4, 0.5) is 5.69 Å². The number of anilines is 1. The van der Waals surface area contributed by atoms with Crippen LogP contribution >= 0.6 is 0 Å². The fourth-order valence-corrected chi connectivity index (χ4v) is 2.05. The number of hydrogen-bond acceptors (Lipinski definition) is 3. The van der Waals surface area contributed by atoms with Crippen LogP contribution in [-0.4, -0.2) is 31.5 Å². The molecule has 1 aromatic carbocycles. The molecule has 20 heavy (non-hydrogen) atoms. The van der Waals surface area contributed by atoms with Crippen molar-refractivity contribution in [2.45, 2.75) is 6.42 Å². The Morgan fingerprint density at radius 2 is 1.90 bits per heavy atom. The van der Waals surface area contributed by atoms with E-state index in [1.807, 2.05) is 55.4 Å². The Morgan fingerprint density at radius 1 is 1.15 bits per heavy atom. The van der Waals surface area contributed by atoms with Crippen LogP contribution in [-0.2, 0) is 0 Å². The van der Waals surface area contributed by atoms with Gasteiger partial charge in [-0.2, -0.15) is 0 Å². The van der Waals surface area contributed by atoms with Crippen molar-refractivity contribution in [1.82, 2.24) is 4.90 Å². The molecule has 0 bridgehead atoms. The third kappa shape index (κ3) is 3.38. The predicted octanol–water partition coefficient (Wildman–Crippen LogP) is 3.44. The van der Waals surface area contributed by atoms with E-state index in [1.54, 1.807) is 0 Å². The van der Waals surface area contributed by atoms with Crippen LogP contribution in [0.2, 0.25) is 0 Å². The first-order valence-electron chi connectivity index (χ1n) is 6.79. The third-order valence-corrected chi connectivity index (χ3v) is 2.99. The van der Waals surface area contributed by atoms with Gasteiger partial charge in [-0.05, 0) is 24.6 Å². The maximum Gasteiger partial charge on any atom is 0.205 e. The van der Waals surface area contributed by atoms with Crippen molar-refractivity contribution in [3.8, 4) is 0 Å². The van der Waals surface area contributed by atoms with E-state index in [2.05, 4.69) is 29.7 Å². The monoisotopic (exact) mass is 267 g/mol. The van der Waals surface area contributed by atoms with Crippen LogP contribution < -0.4 is 4.90 Å². The minimum Gasteiger partial charge on any atom is -0.348 e. The van der Waals surface area contributed by atoms with Gasteiger partial charge in [0.1, 0.15) is 0 Å². The second-order valence-electron chi connectivity index (χ2n) is 4.81. The zero-order chi connectivity index (χ0) is 14.4. The molecule has 104 valence electrons. The smallest absolute Gasteiger partial charge is 0.205 e. The second kappa shape index (κ2) is 6.75. The largest absolute Gasteiger partial charge is 0.348 e. The molecule has 2 rings (SSSR count). The number of guanidine groups is 1. The van der Waals surface area contributed by atoms with Crippen LogP contribution in [0.5, 0.6) is 0 Å². The Hall–Kier alpha value is -2.29. The summed E-state index contributed by atoms with van der Waals surface area (Å²) >= 11 is 0. The minimum atomic E-state index is 0.772. The molecule has 0 amide bonds. The second-order valence-corrected chi connectivity index (χ2v) is 4.81. The van der Waals surface area contributed by atoms with Crippen molar-refractivity contribution < 1.29 is 0 Å². The maximum atomic E-state index is 4.72. The molecule has 0 aliphatic carbocycles. The molecule has 0 saturated heterocycles. The van der Waals surface area contributed by atoms with Gasteiger partial charge in [-0.1, -0.05) is 43.0 Å². The summed E-state index contributed by atoms with van der Waals surface area (Å²) in [7, 11) is 4.01. The molecular weight excluding hydrogens is 246 g/mol. The van der Waals surface area contributed by atoms with Gasteiger partial charge in [-0.15, -0.1) is 0 Å². The molecule has 1 aliphatic rings. The summed E-state index contributed by atoms with van der Waals surface area (Å²) in [5.41, 5.74) is 1.97. The Kier molecular flexibility index (Phi) is 4.77. The van der Waals surface area contributed by atoms with Crippen molar-refractivity contribution in [3.05, 3.63) is 66.9 Å². The summed E-state index contributed by atoms with van der Waals surface area (Å²) in [5, 5.41) is 0. The van der Waals surface area contributed by atoms with Crippen LogP contribution in [0.25, 0.3) is 0 Å². The van der Waals surface area contributed by atoms with Crippen molar-refractivity contribution in [2.24, 2.45) is 4.99 Å². The molecule has 0 saturated carbocycles. The van der Waals surface area contributed by atoms with Gasteiger partial charge in [0.2, 0.25) is 5.96 Å². The summed E-state index contributed by atoms with van der Waals surface area (Å²) in [6, 6.07) is 10.2. The Balaban J connectivity index is 2.47. The molecule has 3 nitrogen and oxygen atoms in total. The lowest BCUT2D eigenvalue weighted by Crippen LogP contribution is -2.40. The maximum absolute atomic E-state index is 4.72. The van der Waals surface area contributed by atoms with Crippen LogP contribution in [0, 0.1) is 0 Å². The van der Waals surface area contributed by atoms with Crippen LogP contribution in [0.15, 0.2) is 71.9 Å². The number of nitrogens with zero attached hydrogens (tertiary/aromatic N) is 3. The lowest BCUT2D eigenvalue weighted by molar-refractivity contribution is 0.604. The van der Waals surface area contributed by atoms with E-state index in [0.29, 0.717) is 0 Å². The van der Waals surface area contributed by atoms with E-state index < -0.39 is 0 Å². The van der Waals surface area contributed by atoms with Gasteiger partial charge >= 0.3 is 0 Å². The Labute approximate surface area is 121 Å². The number of rotatable bonds is 1. The zero-order valence-electron chi connectivity index (χ0n) is 12.2. The highest BCUT2D eigenvalue weighted by Crippen LogP contribution is 2.21. The molecule has 0 aromatic heterocycles. The summed E-state index contributed by atoms with van der Waals surface area (Å²) in [6.07, 6.45) is 9.14. The van der Waals surface area contributed by atoms with Gasteiger partial charge in [-0.3, -0.25) is 9.89 Å². The average Bonchev–Trinajstić information content (AvgIpc) is 2.45. The van der Waals surface area contributed by atoms with Crippen molar-refractivity contribution >= 4 is 11.6 Å². The first-order chi connectivity index (χ1) is 9.70. The van der Waals surface area contributed by atoms with E-state index in [0.717, 1.165) is 30.3 Å². The Bertz CT molecular complexity index is 539. The Morgan fingerprint density at radius 3 is 2.60 bits per heavy atom. The van der Waals surface area contributed by atoms with Gasteiger partial charge in [0.05, 0.1) is 0 Å². The van der Waals surface area contributed by atoms with Gasteiger partial charge in [0.15, 0.2) is 0 Å². The fraction of sp³-hybridized carbons (Fsp3) is 0.235.